The van der Waals surface area contributed by atoms with E-state index in [1.807, 2.05) is 25.1 Å². The first kappa shape index (κ1) is 15.8. The number of carbonyl (C=O) groups excluding carboxylic acids is 1. The summed E-state index contributed by atoms with van der Waals surface area (Å²) in [6.07, 6.45) is 4.79. The van der Waals surface area contributed by atoms with Crippen LogP contribution in [0.2, 0.25) is 0 Å². The van der Waals surface area contributed by atoms with Gasteiger partial charge in [0, 0.05) is 19.2 Å². The Balaban J connectivity index is 1.93. The van der Waals surface area contributed by atoms with Crippen LogP contribution in [0.1, 0.15) is 50.7 Å². The molecule has 0 radical (unpaired) electrons. The van der Waals surface area contributed by atoms with Crippen molar-refractivity contribution in [3.63, 3.8) is 0 Å². The highest BCUT2D eigenvalue weighted by molar-refractivity contribution is 5.91. The molecule has 2 rings (SSSR count). The molecule has 1 saturated heterocycles. The van der Waals surface area contributed by atoms with Crippen molar-refractivity contribution in [2.75, 3.05) is 13.1 Å². The van der Waals surface area contributed by atoms with Crippen LogP contribution in [0.3, 0.4) is 0 Å². The molecule has 0 aliphatic carbocycles. The van der Waals surface area contributed by atoms with Gasteiger partial charge in [-0.2, -0.15) is 0 Å². The largest absolute Gasteiger partial charge is 0.390 e. The third kappa shape index (κ3) is 4.43. The van der Waals surface area contributed by atoms with E-state index in [1.54, 1.807) is 11.0 Å². The molecule has 21 heavy (non-hydrogen) atoms. The molecule has 0 aromatic heterocycles. The van der Waals surface area contributed by atoms with Crippen molar-refractivity contribution in [2.24, 2.45) is 0 Å². The van der Waals surface area contributed by atoms with Crippen LogP contribution in [-0.2, 0) is 4.79 Å². The molecule has 1 aromatic rings. The number of carbonyl (C=O) groups is 1. The first-order valence-electron chi connectivity index (χ1n) is 7.67. The second-order valence-corrected chi connectivity index (χ2v) is 6.48. The number of likely N-dealkylation sites (tertiary alicyclic amines) is 1. The average Bonchev–Trinajstić information content (AvgIpc) is 2.45. The summed E-state index contributed by atoms with van der Waals surface area (Å²) in [4.78, 5) is 13.9. The topological polar surface area (TPSA) is 40.5 Å². The van der Waals surface area contributed by atoms with Gasteiger partial charge in [0.25, 0.3) is 0 Å². The van der Waals surface area contributed by atoms with E-state index in [-0.39, 0.29) is 5.91 Å². The molecule has 1 aliphatic rings. The van der Waals surface area contributed by atoms with Crippen molar-refractivity contribution in [3.8, 4) is 0 Å². The summed E-state index contributed by atoms with van der Waals surface area (Å²) >= 11 is 0. The molecule has 3 nitrogen and oxygen atoms in total. The van der Waals surface area contributed by atoms with E-state index in [0.29, 0.717) is 31.8 Å². The summed E-state index contributed by atoms with van der Waals surface area (Å²) in [7, 11) is 0. The van der Waals surface area contributed by atoms with Crippen molar-refractivity contribution < 1.29 is 9.90 Å². The second kappa shape index (κ2) is 6.44. The predicted octanol–water partition coefficient (Wildman–Crippen LogP) is 3.20. The lowest BCUT2D eigenvalue weighted by Gasteiger charge is -2.35. The number of amides is 1. The van der Waals surface area contributed by atoms with E-state index < -0.39 is 5.60 Å². The van der Waals surface area contributed by atoms with Crippen LogP contribution in [0.25, 0.3) is 6.08 Å². The molecular formula is C18H25NO2. The summed E-state index contributed by atoms with van der Waals surface area (Å²) in [6.45, 7) is 7.42. The standard InChI is InChI=1S/C18H25NO2/c1-14(2)16-7-4-15(5-8-16)6-9-17(20)19-12-10-18(3,21)11-13-19/h4-9,14,21H,10-13H2,1-3H3/b9-6+. The smallest absolute Gasteiger partial charge is 0.246 e. The maximum Gasteiger partial charge on any atom is 0.246 e. The minimum atomic E-state index is -0.618. The van der Waals surface area contributed by atoms with Crippen molar-refractivity contribution in [1.29, 1.82) is 0 Å². The Bertz CT molecular complexity index is 505. The van der Waals surface area contributed by atoms with Gasteiger partial charge in [0.2, 0.25) is 5.91 Å². The molecule has 1 amide bonds. The Labute approximate surface area is 127 Å². The predicted molar refractivity (Wildman–Crippen MR) is 86.0 cm³/mol. The highest BCUT2D eigenvalue weighted by Gasteiger charge is 2.28. The third-order valence-electron chi connectivity index (χ3n) is 4.17. The van der Waals surface area contributed by atoms with Crippen LogP contribution in [0.5, 0.6) is 0 Å². The first-order valence-corrected chi connectivity index (χ1v) is 7.67. The van der Waals surface area contributed by atoms with E-state index in [0.717, 1.165) is 5.56 Å². The van der Waals surface area contributed by atoms with E-state index in [4.69, 9.17) is 0 Å². The van der Waals surface area contributed by atoms with Crippen molar-refractivity contribution in [3.05, 3.63) is 41.5 Å². The number of rotatable bonds is 3. The van der Waals surface area contributed by atoms with Gasteiger partial charge in [0.15, 0.2) is 0 Å². The summed E-state index contributed by atoms with van der Waals surface area (Å²) in [5.74, 6) is 0.546. The van der Waals surface area contributed by atoms with Crippen LogP contribution in [0.4, 0.5) is 0 Å². The van der Waals surface area contributed by atoms with Crippen molar-refractivity contribution in [1.82, 2.24) is 4.90 Å². The zero-order chi connectivity index (χ0) is 15.5. The Morgan fingerprint density at radius 1 is 1.24 bits per heavy atom. The van der Waals surface area contributed by atoms with E-state index in [1.165, 1.54) is 5.56 Å². The average molecular weight is 287 g/mol. The highest BCUT2D eigenvalue weighted by atomic mass is 16.3. The highest BCUT2D eigenvalue weighted by Crippen LogP contribution is 2.21. The normalized spacial score (nSPS) is 18.4. The Kier molecular flexibility index (Phi) is 4.84. The Morgan fingerprint density at radius 2 is 1.81 bits per heavy atom. The zero-order valence-corrected chi connectivity index (χ0v) is 13.2. The zero-order valence-electron chi connectivity index (χ0n) is 13.2. The Morgan fingerprint density at radius 3 is 2.33 bits per heavy atom. The molecule has 1 aliphatic heterocycles. The van der Waals surface area contributed by atoms with Gasteiger partial charge < -0.3 is 10.0 Å². The molecule has 1 heterocycles. The van der Waals surface area contributed by atoms with Gasteiger partial charge in [-0.05, 0) is 42.9 Å². The summed E-state index contributed by atoms with van der Waals surface area (Å²) < 4.78 is 0. The molecule has 0 bridgehead atoms. The minimum Gasteiger partial charge on any atom is -0.390 e. The van der Waals surface area contributed by atoms with Crippen LogP contribution in [-0.4, -0.2) is 34.6 Å². The van der Waals surface area contributed by atoms with Gasteiger partial charge in [0.1, 0.15) is 0 Å². The molecule has 1 aromatic carbocycles. The van der Waals surface area contributed by atoms with Crippen LogP contribution in [0.15, 0.2) is 30.3 Å². The first-order chi connectivity index (χ1) is 9.87. The maximum absolute atomic E-state index is 12.1. The number of aliphatic hydroxyl groups is 1. The molecule has 1 fully saturated rings. The number of benzene rings is 1. The summed E-state index contributed by atoms with van der Waals surface area (Å²) in [5, 5.41) is 9.90. The van der Waals surface area contributed by atoms with E-state index in [9.17, 15) is 9.90 Å². The maximum atomic E-state index is 12.1. The summed E-state index contributed by atoms with van der Waals surface area (Å²) in [6, 6.07) is 8.29. The van der Waals surface area contributed by atoms with Gasteiger partial charge in [-0.1, -0.05) is 38.1 Å². The van der Waals surface area contributed by atoms with Gasteiger partial charge in [-0.25, -0.2) is 0 Å². The fourth-order valence-electron chi connectivity index (χ4n) is 2.47. The lowest BCUT2D eigenvalue weighted by atomic mass is 9.94. The number of hydrogen-bond donors (Lipinski definition) is 1. The molecule has 0 atom stereocenters. The SMILES string of the molecule is CC(C)c1ccc(/C=C/C(=O)N2CCC(C)(O)CC2)cc1. The van der Waals surface area contributed by atoms with Gasteiger partial charge in [0.05, 0.1) is 5.60 Å². The second-order valence-electron chi connectivity index (χ2n) is 6.48. The molecule has 114 valence electrons. The Hall–Kier alpha value is -1.61. The van der Waals surface area contributed by atoms with Crippen LogP contribution >= 0.6 is 0 Å². The van der Waals surface area contributed by atoms with Gasteiger partial charge in [-0.15, -0.1) is 0 Å². The fourth-order valence-corrected chi connectivity index (χ4v) is 2.47. The van der Waals surface area contributed by atoms with Crippen LogP contribution < -0.4 is 0 Å². The minimum absolute atomic E-state index is 0.0263. The monoisotopic (exact) mass is 287 g/mol. The number of piperidine rings is 1. The van der Waals surface area contributed by atoms with E-state index in [2.05, 4.69) is 26.0 Å². The molecule has 0 spiro atoms. The lowest BCUT2D eigenvalue weighted by Crippen LogP contribution is -2.44. The van der Waals surface area contributed by atoms with Crippen molar-refractivity contribution in [2.45, 2.75) is 45.1 Å². The van der Waals surface area contributed by atoms with Gasteiger partial charge in [-0.3, -0.25) is 4.79 Å². The number of hydrogen-bond acceptors (Lipinski definition) is 2. The lowest BCUT2D eigenvalue weighted by molar-refractivity contribution is -0.129. The van der Waals surface area contributed by atoms with Crippen molar-refractivity contribution >= 4 is 12.0 Å². The molecule has 1 N–H and O–H groups in total. The quantitative estimate of drug-likeness (QED) is 0.867. The summed E-state index contributed by atoms with van der Waals surface area (Å²) in [5.41, 5.74) is 1.72. The third-order valence-corrected chi connectivity index (χ3v) is 4.17. The van der Waals surface area contributed by atoms with Crippen LogP contribution in [0, 0.1) is 0 Å². The molecule has 0 saturated carbocycles. The van der Waals surface area contributed by atoms with Gasteiger partial charge >= 0.3 is 0 Å². The number of nitrogens with zero attached hydrogens (tertiary/aromatic N) is 1. The molecular weight excluding hydrogens is 262 g/mol. The fraction of sp³-hybridized carbons (Fsp3) is 0.500. The molecule has 3 heteroatoms. The molecule has 0 unspecified atom stereocenters. The van der Waals surface area contributed by atoms with E-state index >= 15 is 0 Å².